The van der Waals surface area contributed by atoms with Crippen molar-refractivity contribution < 1.29 is 18.7 Å². The maximum atomic E-state index is 15.5. The van der Waals surface area contributed by atoms with Crippen LogP contribution < -0.4 is 20.3 Å². The zero-order chi connectivity index (χ0) is 19.6. The van der Waals surface area contributed by atoms with Crippen LogP contribution >= 0.6 is 11.3 Å². The van der Waals surface area contributed by atoms with E-state index in [0.717, 1.165) is 17.4 Å². The molecule has 6 nitrogen and oxygen atoms in total. The fourth-order valence-electron chi connectivity index (χ4n) is 3.88. The number of hydrogen-bond donors (Lipinski definition) is 2. The molecule has 0 spiro atoms. The van der Waals surface area contributed by atoms with Crippen molar-refractivity contribution in [3.05, 3.63) is 38.2 Å². The van der Waals surface area contributed by atoms with Gasteiger partial charge in [0, 0.05) is 25.2 Å². The van der Waals surface area contributed by atoms with Gasteiger partial charge < -0.3 is 15.3 Å². The molecular weight excluding hydrogens is 376 g/mol. The molecule has 3 heterocycles. The molecule has 2 aromatic heterocycles. The van der Waals surface area contributed by atoms with Gasteiger partial charge in [-0.1, -0.05) is 17.9 Å². The van der Waals surface area contributed by atoms with Crippen molar-refractivity contribution in [1.82, 2.24) is 9.72 Å². The molecule has 4 rings (SSSR count). The second-order valence-corrected chi connectivity index (χ2v) is 8.00. The third-order valence-corrected chi connectivity index (χ3v) is 5.83. The average Bonchev–Trinajstić information content (AvgIpc) is 2.54. The SMILES string of the molecule is C=c1sc2c(C(=O)O)c(=O)c3cc(F)c(N4C[C@@H](C)N[C@@H](C)C4)c(F)c3n12. The van der Waals surface area contributed by atoms with E-state index in [1.54, 1.807) is 4.90 Å². The Morgan fingerprint density at radius 2 is 1.96 bits per heavy atom. The van der Waals surface area contributed by atoms with Gasteiger partial charge in [0.2, 0.25) is 5.43 Å². The van der Waals surface area contributed by atoms with Crippen LogP contribution in [-0.2, 0) is 0 Å². The summed E-state index contributed by atoms with van der Waals surface area (Å²) >= 11 is 0.997. The van der Waals surface area contributed by atoms with Crippen LogP contribution in [0.5, 0.6) is 0 Å². The molecule has 0 aliphatic carbocycles. The molecule has 1 aliphatic heterocycles. The van der Waals surface area contributed by atoms with Gasteiger partial charge in [-0.05, 0) is 19.9 Å². The molecule has 0 amide bonds. The Labute approximate surface area is 156 Å². The third-order valence-electron chi connectivity index (χ3n) is 4.83. The lowest BCUT2D eigenvalue weighted by atomic mass is 10.1. The van der Waals surface area contributed by atoms with Crippen molar-refractivity contribution >= 4 is 45.3 Å². The van der Waals surface area contributed by atoms with E-state index in [2.05, 4.69) is 11.9 Å². The van der Waals surface area contributed by atoms with E-state index in [0.29, 0.717) is 17.8 Å². The number of aromatic carboxylic acids is 1. The highest BCUT2D eigenvalue weighted by Gasteiger charge is 2.30. The van der Waals surface area contributed by atoms with Crippen molar-refractivity contribution in [2.45, 2.75) is 25.9 Å². The summed E-state index contributed by atoms with van der Waals surface area (Å²) in [5, 5.41) is 12.3. The average molecular weight is 393 g/mol. The van der Waals surface area contributed by atoms with Crippen LogP contribution in [-0.4, -0.2) is 40.6 Å². The van der Waals surface area contributed by atoms with Gasteiger partial charge in [-0.25, -0.2) is 13.6 Å². The number of aromatic nitrogens is 1. The van der Waals surface area contributed by atoms with Gasteiger partial charge in [0.05, 0.1) is 15.6 Å². The minimum Gasteiger partial charge on any atom is -0.477 e. The van der Waals surface area contributed by atoms with Crippen molar-refractivity contribution in [1.29, 1.82) is 0 Å². The molecule has 2 atom stereocenters. The van der Waals surface area contributed by atoms with E-state index < -0.39 is 28.6 Å². The number of nitrogens with one attached hydrogen (secondary N) is 1. The summed E-state index contributed by atoms with van der Waals surface area (Å²) in [4.78, 5) is 25.8. The van der Waals surface area contributed by atoms with Crippen molar-refractivity contribution in [3.8, 4) is 0 Å². The first kappa shape index (κ1) is 17.9. The number of halogens is 2. The molecular formula is C18H17F2N3O3S. The Hall–Kier alpha value is -2.52. The molecule has 3 aromatic rings. The Bertz CT molecular complexity index is 1190. The Kier molecular flexibility index (Phi) is 3.97. The second-order valence-electron chi connectivity index (χ2n) is 6.94. The fourth-order valence-corrected chi connectivity index (χ4v) is 4.82. The van der Waals surface area contributed by atoms with E-state index in [-0.39, 0.29) is 33.5 Å². The highest BCUT2D eigenvalue weighted by molar-refractivity contribution is 7.17. The molecule has 0 radical (unpaired) electrons. The second kappa shape index (κ2) is 6.00. The van der Waals surface area contributed by atoms with Gasteiger partial charge in [0.25, 0.3) is 0 Å². The molecule has 1 aromatic carbocycles. The zero-order valence-electron chi connectivity index (χ0n) is 14.7. The fraction of sp³-hybridized carbons (Fsp3) is 0.333. The summed E-state index contributed by atoms with van der Waals surface area (Å²) < 4.78 is 32.0. The lowest BCUT2D eigenvalue weighted by molar-refractivity contribution is 0.0697. The third kappa shape index (κ3) is 2.53. The first-order chi connectivity index (χ1) is 12.7. The van der Waals surface area contributed by atoms with E-state index in [9.17, 15) is 19.1 Å². The van der Waals surface area contributed by atoms with Crippen molar-refractivity contribution in [2.24, 2.45) is 0 Å². The molecule has 142 valence electrons. The maximum Gasteiger partial charge on any atom is 0.342 e. The van der Waals surface area contributed by atoms with Crippen LogP contribution in [0.15, 0.2) is 10.9 Å². The monoisotopic (exact) mass is 393 g/mol. The van der Waals surface area contributed by atoms with Crippen LogP contribution in [0.25, 0.3) is 22.3 Å². The van der Waals surface area contributed by atoms with Crippen LogP contribution in [0.4, 0.5) is 14.5 Å². The number of hydrogen-bond acceptors (Lipinski definition) is 5. The molecule has 27 heavy (non-hydrogen) atoms. The number of fused-ring (bicyclic) bond motifs is 3. The maximum absolute atomic E-state index is 15.5. The summed E-state index contributed by atoms with van der Waals surface area (Å²) in [5.41, 5.74) is -1.71. The number of rotatable bonds is 2. The number of anilines is 1. The molecule has 0 saturated carbocycles. The largest absolute Gasteiger partial charge is 0.477 e. The predicted molar refractivity (Wildman–Crippen MR) is 101 cm³/mol. The minimum absolute atomic E-state index is 0.0359. The smallest absolute Gasteiger partial charge is 0.342 e. The van der Waals surface area contributed by atoms with E-state index in [4.69, 9.17) is 0 Å². The van der Waals surface area contributed by atoms with Gasteiger partial charge in [0.1, 0.15) is 21.9 Å². The highest BCUT2D eigenvalue weighted by Crippen LogP contribution is 2.32. The molecule has 0 bridgehead atoms. The van der Waals surface area contributed by atoms with E-state index in [1.165, 1.54) is 4.40 Å². The number of carboxylic acids is 1. The predicted octanol–water partition coefficient (Wildman–Crippen LogP) is 1.81. The molecule has 0 unspecified atom stereocenters. The van der Waals surface area contributed by atoms with Gasteiger partial charge in [0.15, 0.2) is 5.82 Å². The Morgan fingerprint density at radius 3 is 2.52 bits per heavy atom. The molecule has 1 fully saturated rings. The summed E-state index contributed by atoms with van der Waals surface area (Å²) in [6.45, 7) is 8.42. The summed E-state index contributed by atoms with van der Waals surface area (Å²) in [6.07, 6.45) is 0. The number of carbonyl (C=O) groups is 1. The highest BCUT2D eigenvalue weighted by atomic mass is 32.1. The Balaban J connectivity index is 2.07. The van der Waals surface area contributed by atoms with E-state index in [1.807, 2.05) is 13.8 Å². The topological polar surface area (TPSA) is 74.0 Å². The van der Waals surface area contributed by atoms with Crippen LogP contribution in [0.2, 0.25) is 0 Å². The molecule has 1 saturated heterocycles. The van der Waals surface area contributed by atoms with Crippen LogP contribution in [0.1, 0.15) is 24.2 Å². The number of piperazine rings is 1. The Morgan fingerprint density at radius 1 is 1.33 bits per heavy atom. The van der Waals surface area contributed by atoms with Gasteiger partial charge in [-0.3, -0.25) is 9.20 Å². The van der Waals surface area contributed by atoms with Gasteiger partial charge in [-0.15, -0.1) is 0 Å². The zero-order valence-corrected chi connectivity index (χ0v) is 15.5. The normalized spacial score (nSPS) is 20.7. The van der Waals surface area contributed by atoms with Gasteiger partial charge >= 0.3 is 5.97 Å². The summed E-state index contributed by atoms with van der Waals surface area (Å²) in [7, 11) is 0. The first-order valence-corrected chi connectivity index (χ1v) is 9.24. The number of pyridine rings is 1. The van der Waals surface area contributed by atoms with Crippen LogP contribution in [0.3, 0.4) is 0 Å². The number of benzene rings is 1. The minimum atomic E-state index is -1.43. The lowest BCUT2D eigenvalue weighted by Crippen LogP contribution is -2.54. The van der Waals surface area contributed by atoms with Crippen molar-refractivity contribution in [3.63, 3.8) is 0 Å². The summed E-state index contributed by atoms with van der Waals surface area (Å²) in [5.74, 6) is -3.18. The molecule has 1 aliphatic rings. The van der Waals surface area contributed by atoms with Gasteiger partial charge in [-0.2, -0.15) is 0 Å². The summed E-state index contributed by atoms with van der Waals surface area (Å²) in [6, 6.07) is 1.01. The standard InChI is InChI=1S/C18H17F2N3O3S/c1-7-5-22(6-8(2)21-7)15-11(19)4-10-14(13(15)20)23-9(3)27-17(23)12(16(10)24)18(25)26/h4,7-8,21H,3,5-6H2,1-2H3,(H,25,26)/t7-,8+. The lowest BCUT2D eigenvalue weighted by Gasteiger charge is -2.38. The van der Waals surface area contributed by atoms with E-state index >= 15 is 4.39 Å². The quantitative estimate of drug-likeness (QED) is 0.695. The number of carboxylic acid groups (broad SMARTS) is 1. The molecule has 2 N–H and O–H groups in total. The first-order valence-electron chi connectivity index (χ1n) is 8.42. The number of nitrogens with zero attached hydrogens (tertiary/aromatic N) is 2. The van der Waals surface area contributed by atoms with Crippen molar-refractivity contribution in [2.75, 3.05) is 18.0 Å². The molecule has 9 heteroatoms. The van der Waals surface area contributed by atoms with Crippen LogP contribution in [0, 0.1) is 11.6 Å².